The van der Waals surface area contributed by atoms with Crippen LogP contribution in [-0.4, -0.2) is 9.97 Å². The van der Waals surface area contributed by atoms with E-state index in [0.29, 0.717) is 0 Å². The van der Waals surface area contributed by atoms with Gasteiger partial charge in [-0.15, -0.1) is 0 Å². The molecule has 0 bridgehead atoms. The highest BCUT2D eigenvalue weighted by Crippen LogP contribution is 2.31. The zero-order valence-electron chi connectivity index (χ0n) is 8.14. The molecule has 0 aliphatic heterocycles. The Kier molecular flexibility index (Phi) is 3.38. The van der Waals surface area contributed by atoms with E-state index in [-0.39, 0.29) is 0 Å². The van der Waals surface area contributed by atoms with Gasteiger partial charge in [0.1, 0.15) is 10.1 Å². The Balaban J connectivity index is 2.29. The van der Waals surface area contributed by atoms with Crippen molar-refractivity contribution in [2.75, 3.05) is 0 Å². The van der Waals surface area contributed by atoms with Gasteiger partial charge in [-0.05, 0) is 58.4 Å². The van der Waals surface area contributed by atoms with Gasteiger partial charge in [-0.2, -0.15) is 0 Å². The molecule has 0 aromatic carbocycles. The topological polar surface area (TPSA) is 25.8 Å². The van der Waals surface area contributed by atoms with Crippen LogP contribution in [0.5, 0.6) is 0 Å². The summed E-state index contributed by atoms with van der Waals surface area (Å²) in [6.07, 6.45) is 3.59. The Bertz CT molecular complexity index is 459. The smallest absolute Gasteiger partial charge is 0.117 e. The standard InChI is InChI=1S/C11H9BrN2S/c1-8-5-7-14-11(10(8)12)15-9-4-2-3-6-13-9/h2-7H,1H3. The van der Waals surface area contributed by atoms with E-state index in [1.165, 1.54) is 5.56 Å². The molecule has 0 aliphatic carbocycles. The number of aryl methyl sites for hydroxylation is 1. The second-order valence-electron chi connectivity index (χ2n) is 3.02. The monoisotopic (exact) mass is 280 g/mol. The van der Waals surface area contributed by atoms with Gasteiger partial charge in [0, 0.05) is 12.4 Å². The summed E-state index contributed by atoms with van der Waals surface area (Å²) >= 11 is 5.09. The Morgan fingerprint density at radius 1 is 1.13 bits per heavy atom. The third kappa shape index (κ3) is 2.58. The third-order valence-corrected chi connectivity index (χ3v) is 4.11. The quantitative estimate of drug-likeness (QED) is 0.839. The minimum atomic E-state index is 0.953. The predicted octanol–water partition coefficient (Wildman–Crippen LogP) is 3.70. The summed E-state index contributed by atoms with van der Waals surface area (Å²) in [6, 6.07) is 7.83. The summed E-state index contributed by atoms with van der Waals surface area (Å²) in [6.45, 7) is 2.05. The van der Waals surface area contributed by atoms with Crippen LogP contribution < -0.4 is 0 Å². The van der Waals surface area contributed by atoms with Crippen LogP contribution >= 0.6 is 27.7 Å². The number of hydrogen-bond donors (Lipinski definition) is 0. The summed E-state index contributed by atoms with van der Waals surface area (Å²) in [7, 11) is 0. The Labute approximate surface area is 101 Å². The van der Waals surface area contributed by atoms with Crippen LogP contribution in [0, 0.1) is 6.92 Å². The molecule has 2 aromatic heterocycles. The summed E-state index contributed by atoms with van der Waals surface area (Å²) in [5, 5.41) is 1.91. The van der Waals surface area contributed by atoms with E-state index < -0.39 is 0 Å². The normalized spacial score (nSPS) is 10.3. The lowest BCUT2D eigenvalue weighted by atomic mass is 10.3. The van der Waals surface area contributed by atoms with Gasteiger partial charge in [0.15, 0.2) is 0 Å². The highest BCUT2D eigenvalue weighted by atomic mass is 79.9. The fourth-order valence-electron chi connectivity index (χ4n) is 1.09. The molecule has 0 radical (unpaired) electrons. The largest absolute Gasteiger partial charge is 0.250 e. The molecule has 15 heavy (non-hydrogen) atoms. The number of pyridine rings is 2. The molecule has 0 fully saturated rings. The van der Waals surface area contributed by atoms with Crippen LogP contribution in [0.4, 0.5) is 0 Å². The van der Waals surface area contributed by atoms with Gasteiger partial charge in [-0.25, -0.2) is 9.97 Å². The van der Waals surface area contributed by atoms with E-state index in [9.17, 15) is 0 Å². The maximum Gasteiger partial charge on any atom is 0.117 e. The minimum Gasteiger partial charge on any atom is -0.250 e. The lowest BCUT2D eigenvalue weighted by Gasteiger charge is -2.04. The van der Waals surface area contributed by atoms with Crippen LogP contribution in [0.25, 0.3) is 0 Å². The van der Waals surface area contributed by atoms with Crippen molar-refractivity contribution >= 4 is 27.7 Å². The first kappa shape index (κ1) is 10.6. The van der Waals surface area contributed by atoms with Gasteiger partial charge in [-0.1, -0.05) is 6.07 Å². The lowest BCUT2D eigenvalue weighted by Crippen LogP contribution is -1.86. The summed E-state index contributed by atoms with van der Waals surface area (Å²) in [5.74, 6) is 0. The van der Waals surface area contributed by atoms with Crippen molar-refractivity contribution in [2.45, 2.75) is 17.0 Å². The average molecular weight is 281 g/mol. The molecule has 0 atom stereocenters. The van der Waals surface area contributed by atoms with Crippen LogP contribution in [0.2, 0.25) is 0 Å². The fraction of sp³-hybridized carbons (Fsp3) is 0.0909. The van der Waals surface area contributed by atoms with Gasteiger partial charge < -0.3 is 0 Å². The second kappa shape index (κ2) is 4.77. The van der Waals surface area contributed by atoms with E-state index in [0.717, 1.165) is 14.5 Å². The molecule has 0 N–H and O–H groups in total. The molecule has 0 spiro atoms. The van der Waals surface area contributed by atoms with Crippen molar-refractivity contribution < 1.29 is 0 Å². The number of aromatic nitrogens is 2. The van der Waals surface area contributed by atoms with Crippen LogP contribution in [-0.2, 0) is 0 Å². The molecule has 0 aliphatic rings. The first-order valence-electron chi connectivity index (χ1n) is 4.47. The van der Waals surface area contributed by atoms with Gasteiger partial charge in [0.2, 0.25) is 0 Å². The average Bonchev–Trinajstić information content (AvgIpc) is 2.26. The fourth-order valence-corrected chi connectivity index (χ4v) is 2.39. The Hall–Kier alpha value is -0.870. The molecular formula is C11H9BrN2S. The van der Waals surface area contributed by atoms with Crippen molar-refractivity contribution in [1.29, 1.82) is 0 Å². The zero-order valence-corrected chi connectivity index (χ0v) is 10.5. The van der Waals surface area contributed by atoms with E-state index in [4.69, 9.17) is 0 Å². The molecule has 0 amide bonds. The predicted molar refractivity (Wildman–Crippen MR) is 65.0 cm³/mol. The second-order valence-corrected chi connectivity index (χ2v) is 4.82. The van der Waals surface area contributed by atoms with Crippen molar-refractivity contribution in [3.05, 3.63) is 46.7 Å². The highest BCUT2D eigenvalue weighted by molar-refractivity contribution is 9.10. The van der Waals surface area contributed by atoms with Gasteiger partial charge in [0.25, 0.3) is 0 Å². The van der Waals surface area contributed by atoms with Crippen LogP contribution in [0.3, 0.4) is 0 Å². The number of halogens is 1. The van der Waals surface area contributed by atoms with Gasteiger partial charge in [0.05, 0.1) is 4.47 Å². The molecule has 2 heterocycles. The summed E-state index contributed by atoms with van der Waals surface area (Å²) in [5.41, 5.74) is 1.18. The van der Waals surface area contributed by atoms with Gasteiger partial charge in [-0.3, -0.25) is 0 Å². The highest BCUT2D eigenvalue weighted by Gasteiger charge is 2.06. The molecule has 0 saturated heterocycles. The SMILES string of the molecule is Cc1ccnc(Sc2ccccn2)c1Br. The van der Waals surface area contributed by atoms with Crippen LogP contribution in [0.1, 0.15) is 5.56 Å². The molecule has 0 unspecified atom stereocenters. The van der Waals surface area contributed by atoms with E-state index >= 15 is 0 Å². The van der Waals surface area contributed by atoms with Crippen molar-refractivity contribution in [2.24, 2.45) is 0 Å². The maximum atomic E-state index is 4.31. The number of hydrogen-bond acceptors (Lipinski definition) is 3. The minimum absolute atomic E-state index is 0.953. The summed E-state index contributed by atoms with van der Waals surface area (Å²) < 4.78 is 1.04. The first-order chi connectivity index (χ1) is 7.27. The molecular weight excluding hydrogens is 272 g/mol. The van der Waals surface area contributed by atoms with E-state index in [2.05, 4.69) is 25.9 Å². The molecule has 2 rings (SSSR count). The molecule has 2 nitrogen and oxygen atoms in total. The Morgan fingerprint density at radius 2 is 2.00 bits per heavy atom. The zero-order chi connectivity index (χ0) is 10.7. The number of rotatable bonds is 2. The molecule has 2 aromatic rings. The molecule has 0 saturated carbocycles. The van der Waals surface area contributed by atoms with Gasteiger partial charge >= 0.3 is 0 Å². The third-order valence-electron chi connectivity index (χ3n) is 1.89. The van der Waals surface area contributed by atoms with E-state index in [1.807, 2.05) is 37.4 Å². The van der Waals surface area contributed by atoms with Crippen molar-refractivity contribution in [3.63, 3.8) is 0 Å². The first-order valence-corrected chi connectivity index (χ1v) is 6.08. The Morgan fingerprint density at radius 3 is 2.73 bits per heavy atom. The van der Waals surface area contributed by atoms with Crippen LogP contribution in [0.15, 0.2) is 51.2 Å². The van der Waals surface area contributed by atoms with E-state index in [1.54, 1.807) is 18.0 Å². The molecule has 4 heteroatoms. The maximum absolute atomic E-state index is 4.31. The van der Waals surface area contributed by atoms with Crippen molar-refractivity contribution in [3.8, 4) is 0 Å². The molecule has 76 valence electrons. The lowest BCUT2D eigenvalue weighted by molar-refractivity contribution is 1.06. The summed E-state index contributed by atoms with van der Waals surface area (Å²) in [4.78, 5) is 8.56. The number of nitrogens with zero attached hydrogens (tertiary/aromatic N) is 2. The van der Waals surface area contributed by atoms with Crippen molar-refractivity contribution in [1.82, 2.24) is 9.97 Å².